The van der Waals surface area contributed by atoms with Gasteiger partial charge >= 0.3 is 0 Å². The quantitative estimate of drug-likeness (QED) is 0.885. The number of nitrogens with one attached hydrogen (secondary N) is 1. The van der Waals surface area contributed by atoms with Crippen LogP contribution in [0, 0.1) is 0 Å². The lowest BCUT2D eigenvalue weighted by Gasteiger charge is -2.38. The summed E-state index contributed by atoms with van der Waals surface area (Å²) in [6.45, 7) is 3.28. The van der Waals surface area contributed by atoms with Crippen molar-refractivity contribution in [1.29, 1.82) is 0 Å². The molecule has 0 bridgehead atoms. The fraction of sp³-hybridized carbons (Fsp3) is 0.353. The molecule has 0 aromatic heterocycles. The number of halogens is 3. The van der Waals surface area contributed by atoms with Gasteiger partial charge in [-0.3, -0.25) is 4.79 Å². The lowest BCUT2D eigenvalue weighted by Crippen LogP contribution is -2.47. The van der Waals surface area contributed by atoms with Gasteiger partial charge in [0.05, 0.1) is 12.0 Å². The van der Waals surface area contributed by atoms with E-state index in [2.05, 4.69) is 5.32 Å². The summed E-state index contributed by atoms with van der Waals surface area (Å²) in [5.41, 5.74) is 0.0935. The second-order valence-electron chi connectivity index (χ2n) is 5.90. The molecule has 1 amide bonds. The molecule has 124 valence electrons. The molecule has 1 aliphatic rings. The number of nitrogens with zero attached hydrogens (tertiary/aromatic N) is 1. The summed E-state index contributed by atoms with van der Waals surface area (Å²) in [5, 5.41) is 3.30. The van der Waals surface area contributed by atoms with Crippen molar-refractivity contribution in [2.24, 2.45) is 0 Å². The van der Waals surface area contributed by atoms with Gasteiger partial charge < -0.3 is 10.2 Å². The van der Waals surface area contributed by atoms with E-state index in [4.69, 9.17) is 11.6 Å². The van der Waals surface area contributed by atoms with Crippen LogP contribution in [0.4, 0.5) is 8.78 Å². The van der Waals surface area contributed by atoms with E-state index in [0.29, 0.717) is 17.3 Å². The van der Waals surface area contributed by atoms with Gasteiger partial charge in [0, 0.05) is 23.5 Å². The monoisotopic (exact) mass is 340 g/mol. The van der Waals surface area contributed by atoms with Crippen molar-refractivity contribution in [2.75, 3.05) is 6.54 Å². The Bertz CT molecular complexity index is 641. The van der Waals surface area contributed by atoms with Gasteiger partial charge in [-0.05, 0) is 37.6 Å². The SMILES string of the molecule is CC(C)(C(F)F)N1C=CC(NC(=O)Cc2ccccc2Cl)=CC1. The Labute approximate surface area is 139 Å². The molecule has 1 aliphatic heterocycles. The smallest absolute Gasteiger partial charge is 0.260 e. The third kappa shape index (κ3) is 4.32. The maximum atomic E-state index is 13.0. The van der Waals surface area contributed by atoms with Gasteiger partial charge in [0.2, 0.25) is 5.91 Å². The molecule has 0 spiro atoms. The molecule has 3 nitrogen and oxygen atoms in total. The van der Waals surface area contributed by atoms with E-state index in [0.717, 1.165) is 5.56 Å². The Morgan fingerprint density at radius 1 is 1.39 bits per heavy atom. The molecule has 0 unspecified atom stereocenters. The van der Waals surface area contributed by atoms with Crippen LogP contribution in [-0.2, 0) is 11.2 Å². The van der Waals surface area contributed by atoms with Crippen LogP contribution < -0.4 is 5.32 Å². The van der Waals surface area contributed by atoms with Crippen LogP contribution >= 0.6 is 11.6 Å². The van der Waals surface area contributed by atoms with Gasteiger partial charge in [-0.2, -0.15) is 0 Å². The van der Waals surface area contributed by atoms with Crippen LogP contribution in [0.25, 0.3) is 0 Å². The molecule has 6 heteroatoms. The maximum absolute atomic E-state index is 13.0. The average Bonchev–Trinajstić information content (AvgIpc) is 2.50. The van der Waals surface area contributed by atoms with Crippen molar-refractivity contribution in [3.8, 4) is 0 Å². The fourth-order valence-corrected chi connectivity index (χ4v) is 2.36. The molecule has 0 fully saturated rings. The first-order valence-electron chi connectivity index (χ1n) is 7.27. The van der Waals surface area contributed by atoms with Crippen LogP contribution in [0.15, 0.2) is 48.3 Å². The van der Waals surface area contributed by atoms with Crippen molar-refractivity contribution in [3.63, 3.8) is 0 Å². The molecular weight excluding hydrogens is 322 g/mol. The lowest BCUT2D eigenvalue weighted by atomic mass is 10.0. The Balaban J connectivity index is 1.93. The Morgan fingerprint density at radius 3 is 2.65 bits per heavy atom. The number of allylic oxidation sites excluding steroid dienone is 1. The summed E-state index contributed by atoms with van der Waals surface area (Å²) in [7, 11) is 0. The highest BCUT2D eigenvalue weighted by Crippen LogP contribution is 2.25. The second kappa shape index (κ2) is 7.13. The predicted molar refractivity (Wildman–Crippen MR) is 87.3 cm³/mol. The molecule has 0 atom stereocenters. The van der Waals surface area contributed by atoms with Crippen molar-refractivity contribution < 1.29 is 13.6 Å². The Morgan fingerprint density at radius 2 is 2.09 bits per heavy atom. The molecule has 0 saturated carbocycles. The third-order valence-corrected chi connectivity index (χ3v) is 4.18. The summed E-state index contributed by atoms with van der Waals surface area (Å²) in [6.07, 6.45) is 2.62. The van der Waals surface area contributed by atoms with E-state index in [9.17, 15) is 13.6 Å². The standard InChI is InChI=1S/C17H19ClF2N2O/c1-17(2,16(19)20)22-9-7-13(8-10-22)21-15(23)11-12-5-3-4-6-14(12)18/h3-9,16H,10-11H2,1-2H3,(H,21,23). The number of carbonyl (C=O) groups excluding carboxylic acids is 1. The van der Waals surface area contributed by atoms with E-state index in [1.807, 2.05) is 6.07 Å². The maximum Gasteiger partial charge on any atom is 0.260 e. The van der Waals surface area contributed by atoms with Gasteiger partial charge in [0.15, 0.2) is 0 Å². The van der Waals surface area contributed by atoms with Crippen LogP contribution in [0.5, 0.6) is 0 Å². The highest BCUT2D eigenvalue weighted by atomic mass is 35.5. The van der Waals surface area contributed by atoms with Crippen molar-refractivity contribution in [2.45, 2.75) is 32.2 Å². The van der Waals surface area contributed by atoms with E-state index in [1.54, 1.807) is 41.5 Å². The van der Waals surface area contributed by atoms with Crippen LogP contribution in [-0.4, -0.2) is 29.3 Å². The van der Waals surface area contributed by atoms with Gasteiger partial charge in [-0.1, -0.05) is 29.8 Å². The fourth-order valence-electron chi connectivity index (χ4n) is 2.16. The van der Waals surface area contributed by atoms with Crippen LogP contribution in [0.2, 0.25) is 5.02 Å². The third-order valence-electron chi connectivity index (χ3n) is 3.81. The van der Waals surface area contributed by atoms with Crippen molar-refractivity contribution in [1.82, 2.24) is 10.2 Å². The van der Waals surface area contributed by atoms with E-state index in [-0.39, 0.29) is 12.3 Å². The zero-order valence-corrected chi connectivity index (χ0v) is 13.8. The number of carbonyl (C=O) groups is 1. The van der Waals surface area contributed by atoms with Gasteiger partial charge in [0.25, 0.3) is 6.43 Å². The minimum Gasteiger partial charge on any atom is -0.363 e. The molecule has 23 heavy (non-hydrogen) atoms. The van der Waals surface area contributed by atoms with Gasteiger partial charge in [-0.25, -0.2) is 8.78 Å². The number of benzene rings is 1. The average molecular weight is 341 g/mol. The Kier molecular flexibility index (Phi) is 5.42. The van der Waals surface area contributed by atoms with Crippen LogP contribution in [0.3, 0.4) is 0 Å². The van der Waals surface area contributed by atoms with Gasteiger partial charge in [0.1, 0.15) is 0 Å². The summed E-state index contributed by atoms with van der Waals surface area (Å²) >= 11 is 6.02. The highest BCUT2D eigenvalue weighted by molar-refractivity contribution is 6.31. The van der Waals surface area contributed by atoms with E-state index < -0.39 is 12.0 Å². The number of hydrogen-bond donors (Lipinski definition) is 1. The molecule has 1 heterocycles. The molecule has 2 rings (SSSR count). The normalized spacial score (nSPS) is 14.9. The first-order valence-corrected chi connectivity index (χ1v) is 7.65. The summed E-state index contributed by atoms with van der Waals surface area (Å²) in [6, 6.07) is 7.14. The first kappa shape index (κ1) is 17.5. The number of amides is 1. The highest BCUT2D eigenvalue weighted by Gasteiger charge is 2.34. The molecule has 1 aromatic carbocycles. The summed E-state index contributed by atoms with van der Waals surface area (Å²) in [5.74, 6) is -0.199. The molecule has 1 N–H and O–H groups in total. The molecule has 1 aromatic rings. The molecule has 0 aliphatic carbocycles. The number of alkyl halides is 2. The molecule has 0 radical (unpaired) electrons. The summed E-state index contributed by atoms with van der Waals surface area (Å²) < 4.78 is 26.0. The first-order chi connectivity index (χ1) is 10.8. The predicted octanol–water partition coefficient (Wildman–Crippen LogP) is 3.76. The second-order valence-corrected chi connectivity index (χ2v) is 6.31. The van der Waals surface area contributed by atoms with Crippen LogP contribution in [0.1, 0.15) is 19.4 Å². The molecular formula is C17H19ClF2N2O. The zero-order chi connectivity index (χ0) is 17.0. The Hall–Kier alpha value is -1.88. The van der Waals surface area contributed by atoms with E-state index in [1.165, 1.54) is 13.8 Å². The lowest BCUT2D eigenvalue weighted by molar-refractivity contribution is -0.119. The minimum atomic E-state index is -2.46. The molecule has 0 saturated heterocycles. The minimum absolute atomic E-state index is 0.164. The zero-order valence-electron chi connectivity index (χ0n) is 13.0. The summed E-state index contributed by atoms with van der Waals surface area (Å²) in [4.78, 5) is 13.6. The van der Waals surface area contributed by atoms with Crippen molar-refractivity contribution >= 4 is 17.5 Å². The van der Waals surface area contributed by atoms with Gasteiger partial charge in [-0.15, -0.1) is 0 Å². The number of rotatable bonds is 5. The van der Waals surface area contributed by atoms with E-state index >= 15 is 0 Å². The topological polar surface area (TPSA) is 32.3 Å². The number of hydrogen-bond acceptors (Lipinski definition) is 2. The van der Waals surface area contributed by atoms with Crippen molar-refractivity contribution in [3.05, 3.63) is 58.9 Å². The largest absolute Gasteiger partial charge is 0.363 e.